The molecule has 1 rings (SSSR count). The molecular weight excluding hydrogens is 232 g/mol. The van der Waals surface area contributed by atoms with E-state index in [9.17, 15) is 0 Å². The monoisotopic (exact) mass is 260 g/mol. The van der Waals surface area contributed by atoms with Gasteiger partial charge < -0.3 is 5.32 Å². The molecular formula is C17H28N2. The summed E-state index contributed by atoms with van der Waals surface area (Å²) in [7, 11) is 2.13. The quantitative estimate of drug-likeness (QED) is 0.722. The SMILES string of the molecule is C=C(C)CN(C)Cc1ccc(CCNC(C)C)cc1. The normalized spacial score (nSPS) is 11.3. The molecule has 106 valence electrons. The molecule has 1 N–H and O–H groups in total. The second-order valence-electron chi connectivity index (χ2n) is 5.80. The van der Waals surface area contributed by atoms with Crippen LogP contribution in [-0.2, 0) is 13.0 Å². The topological polar surface area (TPSA) is 15.3 Å². The van der Waals surface area contributed by atoms with Crippen molar-refractivity contribution in [1.82, 2.24) is 10.2 Å². The van der Waals surface area contributed by atoms with E-state index in [2.05, 4.69) is 68.9 Å². The van der Waals surface area contributed by atoms with Gasteiger partial charge in [0.1, 0.15) is 0 Å². The van der Waals surface area contributed by atoms with Crippen molar-refractivity contribution in [3.05, 3.63) is 47.5 Å². The maximum atomic E-state index is 3.95. The molecule has 0 aliphatic heterocycles. The first-order chi connectivity index (χ1) is 8.97. The lowest BCUT2D eigenvalue weighted by atomic mass is 10.1. The minimum Gasteiger partial charge on any atom is -0.314 e. The van der Waals surface area contributed by atoms with Crippen molar-refractivity contribution in [3.8, 4) is 0 Å². The third-order valence-electron chi connectivity index (χ3n) is 2.98. The van der Waals surface area contributed by atoms with Crippen LogP contribution in [0.25, 0.3) is 0 Å². The zero-order valence-corrected chi connectivity index (χ0v) is 12.9. The Morgan fingerprint density at radius 3 is 2.32 bits per heavy atom. The molecule has 0 aliphatic rings. The highest BCUT2D eigenvalue weighted by Gasteiger charge is 2.01. The zero-order valence-electron chi connectivity index (χ0n) is 12.9. The van der Waals surface area contributed by atoms with E-state index < -0.39 is 0 Å². The Morgan fingerprint density at radius 2 is 1.79 bits per heavy atom. The smallest absolute Gasteiger partial charge is 0.0234 e. The Kier molecular flexibility index (Phi) is 6.82. The second kappa shape index (κ2) is 8.13. The molecule has 2 heteroatoms. The van der Waals surface area contributed by atoms with Gasteiger partial charge in [-0.2, -0.15) is 0 Å². The highest BCUT2D eigenvalue weighted by Crippen LogP contribution is 2.08. The minimum absolute atomic E-state index is 0.565. The highest BCUT2D eigenvalue weighted by molar-refractivity contribution is 5.22. The van der Waals surface area contributed by atoms with Crippen LogP contribution in [0.1, 0.15) is 31.9 Å². The van der Waals surface area contributed by atoms with Gasteiger partial charge in [-0.3, -0.25) is 4.90 Å². The molecule has 1 aromatic carbocycles. The van der Waals surface area contributed by atoms with E-state index in [4.69, 9.17) is 0 Å². The molecule has 0 unspecified atom stereocenters. The fourth-order valence-corrected chi connectivity index (χ4v) is 2.14. The van der Waals surface area contributed by atoms with Gasteiger partial charge in [0, 0.05) is 19.1 Å². The minimum atomic E-state index is 0.565. The Bertz CT molecular complexity index is 379. The van der Waals surface area contributed by atoms with Crippen molar-refractivity contribution in [2.75, 3.05) is 20.1 Å². The third-order valence-corrected chi connectivity index (χ3v) is 2.98. The van der Waals surface area contributed by atoms with Gasteiger partial charge in [0.2, 0.25) is 0 Å². The molecule has 0 bridgehead atoms. The average Bonchev–Trinajstić information content (AvgIpc) is 2.29. The summed E-state index contributed by atoms with van der Waals surface area (Å²) in [5.74, 6) is 0. The number of likely N-dealkylation sites (N-methyl/N-ethyl adjacent to an activating group) is 1. The highest BCUT2D eigenvalue weighted by atomic mass is 15.1. The van der Waals surface area contributed by atoms with Crippen LogP contribution in [0.3, 0.4) is 0 Å². The standard InChI is InChI=1S/C17H28N2/c1-14(2)12-19(5)13-17-8-6-16(7-9-17)10-11-18-15(3)4/h6-9,15,18H,1,10-13H2,2-5H3. The molecule has 0 atom stereocenters. The van der Waals surface area contributed by atoms with Gasteiger partial charge in [0.05, 0.1) is 0 Å². The fraction of sp³-hybridized carbons (Fsp3) is 0.529. The molecule has 0 amide bonds. The van der Waals surface area contributed by atoms with Crippen LogP contribution in [0.2, 0.25) is 0 Å². The Labute approximate surface area is 118 Å². The third kappa shape index (κ3) is 7.14. The molecule has 19 heavy (non-hydrogen) atoms. The first-order valence-corrected chi connectivity index (χ1v) is 7.11. The second-order valence-corrected chi connectivity index (χ2v) is 5.80. The lowest BCUT2D eigenvalue weighted by Crippen LogP contribution is -2.24. The molecule has 0 aromatic heterocycles. The Balaban J connectivity index is 2.40. The molecule has 1 aromatic rings. The summed E-state index contributed by atoms with van der Waals surface area (Å²) in [5, 5.41) is 3.44. The van der Waals surface area contributed by atoms with Crippen LogP contribution in [-0.4, -0.2) is 31.1 Å². The van der Waals surface area contributed by atoms with E-state index >= 15 is 0 Å². The first kappa shape index (κ1) is 15.9. The van der Waals surface area contributed by atoms with Crippen LogP contribution >= 0.6 is 0 Å². The van der Waals surface area contributed by atoms with Crippen molar-refractivity contribution in [3.63, 3.8) is 0 Å². The summed E-state index contributed by atoms with van der Waals surface area (Å²) < 4.78 is 0. The van der Waals surface area contributed by atoms with Gasteiger partial charge in [-0.1, -0.05) is 50.3 Å². The van der Waals surface area contributed by atoms with Crippen LogP contribution in [0.4, 0.5) is 0 Å². The lowest BCUT2D eigenvalue weighted by molar-refractivity contribution is 0.355. The fourth-order valence-electron chi connectivity index (χ4n) is 2.14. The summed E-state index contributed by atoms with van der Waals surface area (Å²) in [6, 6.07) is 9.52. The number of hydrogen-bond donors (Lipinski definition) is 1. The van der Waals surface area contributed by atoms with E-state index in [1.54, 1.807) is 0 Å². The van der Waals surface area contributed by atoms with Gasteiger partial charge in [-0.25, -0.2) is 0 Å². The van der Waals surface area contributed by atoms with Crippen molar-refractivity contribution in [2.24, 2.45) is 0 Å². The summed E-state index contributed by atoms with van der Waals surface area (Å²) in [6.45, 7) is 13.4. The van der Waals surface area contributed by atoms with Gasteiger partial charge >= 0.3 is 0 Å². The van der Waals surface area contributed by atoms with Crippen molar-refractivity contribution in [1.29, 1.82) is 0 Å². The number of hydrogen-bond acceptors (Lipinski definition) is 2. The average molecular weight is 260 g/mol. The molecule has 0 aliphatic carbocycles. The van der Waals surface area contributed by atoms with E-state index in [-0.39, 0.29) is 0 Å². The molecule has 0 fully saturated rings. The van der Waals surface area contributed by atoms with Crippen LogP contribution < -0.4 is 5.32 Å². The van der Waals surface area contributed by atoms with Gasteiger partial charge in [-0.05, 0) is 38.1 Å². The van der Waals surface area contributed by atoms with Crippen LogP contribution in [0, 0.1) is 0 Å². The zero-order chi connectivity index (χ0) is 14.3. The molecule has 0 radical (unpaired) electrons. The predicted molar refractivity (Wildman–Crippen MR) is 84.4 cm³/mol. The molecule has 0 saturated heterocycles. The van der Waals surface area contributed by atoms with Crippen molar-refractivity contribution < 1.29 is 0 Å². The predicted octanol–water partition coefficient (Wildman–Crippen LogP) is 3.24. The summed E-state index contributed by atoms with van der Waals surface area (Å²) in [4.78, 5) is 2.29. The molecule has 0 saturated carbocycles. The van der Waals surface area contributed by atoms with E-state index in [1.807, 2.05) is 0 Å². The first-order valence-electron chi connectivity index (χ1n) is 7.11. The van der Waals surface area contributed by atoms with Crippen molar-refractivity contribution >= 4 is 0 Å². The van der Waals surface area contributed by atoms with Gasteiger partial charge in [-0.15, -0.1) is 0 Å². The maximum Gasteiger partial charge on any atom is 0.0234 e. The van der Waals surface area contributed by atoms with E-state index in [0.717, 1.165) is 26.1 Å². The summed E-state index contributed by atoms with van der Waals surface area (Å²) >= 11 is 0. The summed E-state index contributed by atoms with van der Waals surface area (Å²) in [5.41, 5.74) is 3.97. The Hall–Kier alpha value is -1.12. The van der Waals surface area contributed by atoms with Crippen LogP contribution in [0.15, 0.2) is 36.4 Å². The Morgan fingerprint density at radius 1 is 1.21 bits per heavy atom. The number of nitrogens with one attached hydrogen (secondary N) is 1. The number of rotatable bonds is 8. The van der Waals surface area contributed by atoms with Crippen LogP contribution in [0.5, 0.6) is 0 Å². The number of benzene rings is 1. The van der Waals surface area contributed by atoms with Crippen molar-refractivity contribution in [2.45, 2.75) is 39.8 Å². The lowest BCUT2D eigenvalue weighted by Gasteiger charge is -2.16. The van der Waals surface area contributed by atoms with E-state index in [0.29, 0.717) is 6.04 Å². The molecule has 0 spiro atoms. The maximum absolute atomic E-state index is 3.95. The largest absolute Gasteiger partial charge is 0.314 e. The van der Waals surface area contributed by atoms with Gasteiger partial charge in [0.15, 0.2) is 0 Å². The molecule has 2 nitrogen and oxygen atoms in total. The number of nitrogens with zero attached hydrogens (tertiary/aromatic N) is 1. The molecule has 0 heterocycles. The van der Waals surface area contributed by atoms with E-state index in [1.165, 1.54) is 16.7 Å². The summed E-state index contributed by atoms with van der Waals surface area (Å²) in [6.07, 6.45) is 1.10. The van der Waals surface area contributed by atoms with Gasteiger partial charge in [0.25, 0.3) is 0 Å².